The van der Waals surface area contributed by atoms with Gasteiger partial charge in [-0.05, 0) is 24.3 Å². The average molecular weight is 330 g/mol. The zero-order chi connectivity index (χ0) is 16.4. The number of carbonyl (C=O) groups excluding carboxylic acids is 2. The Morgan fingerprint density at radius 3 is 2.74 bits per heavy atom. The third-order valence-electron chi connectivity index (χ3n) is 3.49. The Balaban J connectivity index is 1.67. The van der Waals surface area contributed by atoms with Crippen LogP contribution in [0.1, 0.15) is 22.8 Å². The van der Waals surface area contributed by atoms with Crippen molar-refractivity contribution in [1.29, 1.82) is 0 Å². The molecule has 0 bridgehead atoms. The lowest BCUT2D eigenvalue weighted by Crippen LogP contribution is -2.26. The molecule has 23 heavy (non-hydrogen) atoms. The van der Waals surface area contributed by atoms with Crippen LogP contribution in [-0.2, 0) is 4.79 Å². The molecule has 3 N–H and O–H groups in total. The first-order chi connectivity index (χ1) is 11.0. The van der Waals surface area contributed by atoms with Crippen LogP contribution in [0.4, 0.5) is 5.69 Å². The molecule has 2 aromatic rings. The van der Waals surface area contributed by atoms with Crippen LogP contribution in [0.5, 0.6) is 0 Å². The molecule has 1 aromatic carbocycles. The second kappa shape index (κ2) is 6.25. The molecule has 3 rings (SSSR count). The number of amides is 2. The van der Waals surface area contributed by atoms with Crippen LogP contribution >= 0.6 is 11.8 Å². The standard InChI is InChI=1S/C15H14N4O3S/c16-14(22)9-1-3-10(4-2-9)18-12(20)7-11-8-23-15-17-6-5-13(21)19(11)15/h1-6,11H,7-8H2,(H2,16,22)(H,18,20). The van der Waals surface area contributed by atoms with E-state index in [1.54, 1.807) is 28.8 Å². The number of nitrogens with zero attached hydrogens (tertiary/aromatic N) is 2. The van der Waals surface area contributed by atoms with Crippen molar-refractivity contribution in [2.24, 2.45) is 5.73 Å². The summed E-state index contributed by atoms with van der Waals surface area (Å²) in [7, 11) is 0. The van der Waals surface area contributed by atoms with E-state index < -0.39 is 5.91 Å². The Morgan fingerprint density at radius 1 is 1.30 bits per heavy atom. The van der Waals surface area contributed by atoms with Gasteiger partial charge in [0.2, 0.25) is 11.8 Å². The van der Waals surface area contributed by atoms with Crippen LogP contribution in [-0.4, -0.2) is 27.1 Å². The first-order valence-electron chi connectivity index (χ1n) is 6.94. The number of rotatable bonds is 4. The van der Waals surface area contributed by atoms with Crippen molar-refractivity contribution in [2.75, 3.05) is 11.1 Å². The van der Waals surface area contributed by atoms with Gasteiger partial charge in [0.1, 0.15) is 0 Å². The van der Waals surface area contributed by atoms with Gasteiger partial charge in [-0.3, -0.25) is 19.0 Å². The normalized spacial score (nSPS) is 15.9. The molecule has 0 fully saturated rings. The topological polar surface area (TPSA) is 107 Å². The second-order valence-electron chi connectivity index (χ2n) is 5.09. The number of primary amides is 1. The number of nitrogens with two attached hydrogens (primary N) is 1. The van der Waals surface area contributed by atoms with Gasteiger partial charge in [-0.1, -0.05) is 11.8 Å². The number of thioether (sulfide) groups is 1. The lowest BCUT2D eigenvalue weighted by atomic mass is 10.2. The molecule has 0 aliphatic carbocycles. The molecule has 1 aliphatic rings. The Morgan fingerprint density at radius 2 is 2.04 bits per heavy atom. The van der Waals surface area contributed by atoms with Crippen molar-refractivity contribution < 1.29 is 9.59 Å². The van der Waals surface area contributed by atoms with Gasteiger partial charge < -0.3 is 11.1 Å². The van der Waals surface area contributed by atoms with E-state index in [0.29, 0.717) is 22.2 Å². The summed E-state index contributed by atoms with van der Waals surface area (Å²) in [4.78, 5) is 39.2. The Bertz CT molecular complexity index is 816. The summed E-state index contributed by atoms with van der Waals surface area (Å²) >= 11 is 1.46. The number of aromatic nitrogens is 2. The molecule has 1 atom stereocenters. The number of carbonyl (C=O) groups is 2. The molecule has 118 valence electrons. The molecule has 1 unspecified atom stereocenters. The van der Waals surface area contributed by atoms with Crippen molar-refractivity contribution >= 4 is 29.3 Å². The van der Waals surface area contributed by atoms with E-state index >= 15 is 0 Å². The van der Waals surface area contributed by atoms with Crippen molar-refractivity contribution in [3.8, 4) is 0 Å². The van der Waals surface area contributed by atoms with E-state index in [9.17, 15) is 14.4 Å². The lowest BCUT2D eigenvalue weighted by molar-refractivity contribution is -0.116. The molecule has 0 radical (unpaired) electrons. The molecule has 1 aromatic heterocycles. The van der Waals surface area contributed by atoms with E-state index in [-0.39, 0.29) is 23.9 Å². The first kappa shape index (κ1) is 15.3. The van der Waals surface area contributed by atoms with Crippen LogP contribution in [0, 0.1) is 0 Å². The number of anilines is 1. The maximum Gasteiger partial charge on any atom is 0.254 e. The minimum atomic E-state index is -0.519. The lowest BCUT2D eigenvalue weighted by Gasteiger charge is -2.13. The zero-order valence-corrected chi connectivity index (χ0v) is 12.9. The molecule has 0 saturated heterocycles. The summed E-state index contributed by atoms with van der Waals surface area (Å²) in [6.45, 7) is 0. The fraction of sp³-hybridized carbons (Fsp3) is 0.200. The van der Waals surface area contributed by atoms with Crippen molar-refractivity contribution in [3.63, 3.8) is 0 Å². The van der Waals surface area contributed by atoms with Gasteiger partial charge in [0.25, 0.3) is 5.56 Å². The highest BCUT2D eigenvalue weighted by molar-refractivity contribution is 7.99. The number of nitrogens with one attached hydrogen (secondary N) is 1. The second-order valence-corrected chi connectivity index (χ2v) is 6.08. The number of hydrogen-bond acceptors (Lipinski definition) is 5. The summed E-state index contributed by atoms with van der Waals surface area (Å²) in [5.41, 5.74) is 5.97. The average Bonchev–Trinajstić information content (AvgIpc) is 2.92. The smallest absolute Gasteiger partial charge is 0.254 e. The van der Waals surface area contributed by atoms with Gasteiger partial charge in [0.05, 0.1) is 6.04 Å². The monoisotopic (exact) mass is 330 g/mol. The highest BCUT2D eigenvalue weighted by Gasteiger charge is 2.26. The Hall–Kier alpha value is -2.61. The van der Waals surface area contributed by atoms with E-state index in [4.69, 9.17) is 5.73 Å². The van der Waals surface area contributed by atoms with Crippen LogP contribution in [0.25, 0.3) is 0 Å². The van der Waals surface area contributed by atoms with Crippen LogP contribution in [0.3, 0.4) is 0 Å². The Kier molecular flexibility index (Phi) is 4.16. The van der Waals surface area contributed by atoms with Crippen LogP contribution in [0.15, 0.2) is 46.5 Å². The summed E-state index contributed by atoms with van der Waals surface area (Å²) in [6.07, 6.45) is 1.66. The molecule has 2 heterocycles. The van der Waals surface area contributed by atoms with E-state index in [0.717, 1.165) is 0 Å². The number of benzene rings is 1. The van der Waals surface area contributed by atoms with Gasteiger partial charge in [-0.25, -0.2) is 4.98 Å². The van der Waals surface area contributed by atoms with Crippen molar-refractivity contribution in [1.82, 2.24) is 9.55 Å². The zero-order valence-electron chi connectivity index (χ0n) is 12.1. The predicted octanol–water partition coefficient (Wildman–Crippen LogP) is 1.02. The largest absolute Gasteiger partial charge is 0.366 e. The summed E-state index contributed by atoms with van der Waals surface area (Å²) < 4.78 is 1.56. The summed E-state index contributed by atoms with van der Waals surface area (Å²) in [6, 6.07) is 7.51. The van der Waals surface area contributed by atoms with Crippen molar-refractivity contribution in [2.45, 2.75) is 17.6 Å². The van der Waals surface area contributed by atoms with E-state index in [1.165, 1.54) is 24.0 Å². The van der Waals surface area contributed by atoms with E-state index in [1.807, 2.05) is 0 Å². The predicted molar refractivity (Wildman–Crippen MR) is 86.5 cm³/mol. The maximum absolute atomic E-state index is 12.2. The molecule has 7 nitrogen and oxygen atoms in total. The highest BCUT2D eigenvalue weighted by atomic mass is 32.2. The first-order valence-corrected chi connectivity index (χ1v) is 7.93. The quantitative estimate of drug-likeness (QED) is 0.814. The number of fused-ring (bicyclic) bond motifs is 1. The van der Waals surface area contributed by atoms with Crippen LogP contribution in [0.2, 0.25) is 0 Å². The van der Waals surface area contributed by atoms with Gasteiger partial charge >= 0.3 is 0 Å². The highest BCUT2D eigenvalue weighted by Crippen LogP contribution is 2.31. The SMILES string of the molecule is NC(=O)c1ccc(NC(=O)CC2CSc3nccc(=O)n32)cc1. The van der Waals surface area contributed by atoms with Gasteiger partial charge in [0.15, 0.2) is 5.16 Å². The van der Waals surface area contributed by atoms with Gasteiger partial charge in [-0.15, -0.1) is 0 Å². The molecule has 8 heteroatoms. The fourth-order valence-electron chi connectivity index (χ4n) is 2.38. The molecule has 0 saturated carbocycles. The summed E-state index contributed by atoms with van der Waals surface area (Å²) in [5, 5.41) is 3.39. The third-order valence-corrected chi connectivity index (χ3v) is 4.60. The molecule has 0 spiro atoms. The number of hydrogen-bond donors (Lipinski definition) is 2. The minimum absolute atomic E-state index is 0.149. The van der Waals surface area contributed by atoms with Crippen molar-refractivity contribution in [3.05, 3.63) is 52.4 Å². The van der Waals surface area contributed by atoms with Gasteiger partial charge in [-0.2, -0.15) is 0 Å². The molecular formula is C15H14N4O3S. The molecular weight excluding hydrogens is 316 g/mol. The fourth-order valence-corrected chi connectivity index (χ4v) is 3.51. The van der Waals surface area contributed by atoms with E-state index in [2.05, 4.69) is 10.3 Å². The Labute approximate surface area is 135 Å². The van der Waals surface area contributed by atoms with Gasteiger partial charge in [0, 0.05) is 35.7 Å². The maximum atomic E-state index is 12.2. The molecule has 2 amide bonds. The third kappa shape index (κ3) is 3.26. The van der Waals surface area contributed by atoms with Crippen LogP contribution < -0.4 is 16.6 Å². The minimum Gasteiger partial charge on any atom is -0.366 e. The summed E-state index contributed by atoms with van der Waals surface area (Å²) in [5.74, 6) is -0.0827. The molecule has 1 aliphatic heterocycles.